The Hall–Kier alpha value is -3.13. The van der Waals surface area contributed by atoms with Crippen molar-refractivity contribution in [3.05, 3.63) is 42.2 Å². The maximum absolute atomic E-state index is 12.4. The maximum Gasteiger partial charge on any atom is 0.415 e. The largest absolute Gasteiger partial charge is 0.489 e. The molecular formula is C21H22N4O4. The van der Waals surface area contributed by atoms with Crippen LogP contribution in [-0.2, 0) is 15.1 Å². The molecule has 2 aromatic rings. The third-order valence-corrected chi connectivity index (χ3v) is 5.79. The zero-order valence-corrected chi connectivity index (χ0v) is 16.1. The van der Waals surface area contributed by atoms with Crippen LogP contribution in [0.3, 0.4) is 0 Å². The molecule has 2 aliphatic heterocycles. The standard InChI is InChI=1S/C21H22N4O4/c1-12(26)23-10-18-16-11-28-17-8-13(2-4-15(17)25(16)20(27)29-18)14-3-5-19(24-9-14)21(22)6-7-21/h2-5,8-9,16,18H,6-7,10-11,22H2,1H3,(H,23,26). The van der Waals surface area contributed by atoms with E-state index in [-0.39, 0.29) is 24.0 Å². The lowest BCUT2D eigenvalue weighted by molar-refractivity contribution is -0.119. The summed E-state index contributed by atoms with van der Waals surface area (Å²) in [6.45, 7) is 2.00. The van der Waals surface area contributed by atoms with E-state index in [0.717, 1.165) is 29.7 Å². The Labute approximate surface area is 168 Å². The van der Waals surface area contributed by atoms with Gasteiger partial charge in [0.15, 0.2) is 0 Å². The fraction of sp³-hybridized carbons (Fsp3) is 0.381. The molecule has 1 aliphatic carbocycles. The number of hydrogen-bond donors (Lipinski definition) is 2. The summed E-state index contributed by atoms with van der Waals surface area (Å²) >= 11 is 0. The molecule has 1 aromatic heterocycles. The molecule has 3 heterocycles. The normalized spacial score (nSPS) is 23.5. The van der Waals surface area contributed by atoms with E-state index < -0.39 is 12.2 Å². The number of carbonyl (C=O) groups is 2. The number of anilines is 1. The predicted molar refractivity (Wildman–Crippen MR) is 105 cm³/mol. The second-order valence-electron chi connectivity index (χ2n) is 7.88. The summed E-state index contributed by atoms with van der Waals surface area (Å²) in [4.78, 5) is 29.8. The average Bonchev–Trinajstić information content (AvgIpc) is 3.39. The number of hydrogen-bond acceptors (Lipinski definition) is 6. The summed E-state index contributed by atoms with van der Waals surface area (Å²) in [5.74, 6) is 0.459. The quantitative estimate of drug-likeness (QED) is 0.821. The molecule has 8 heteroatoms. The van der Waals surface area contributed by atoms with E-state index in [2.05, 4.69) is 10.3 Å². The van der Waals surface area contributed by atoms with Gasteiger partial charge in [-0.3, -0.25) is 14.7 Å². The third-order valence-electron chi connectivity index (χ3n) is 5.79. The predicted octanol–water partition coefficient (Wildman–Crippen LogP) is 1.92. The first-order chi connectivity index (χ1) is 13.9. The molecule has 5 rings (SSSR count). The molecule has 8 nitrogen and oxygen atoms in total. The summed E-state index contributed by atoms with van der Waals surface area (Å²) < 4.78 is 11.4. The van der Waals surface area contributed by atoms with E-state index in [1.165, 1.54) is 6.92 Å². The first-order valence-electron chi connectivity index (χ1n) is 9.71. The highest BCUT2D eigenvalue weighted by atomic mass is 16.6. The van der Waals surface area contributed by atoms with Crippen LogP contribution in [0, 0.1) is 0 Å². The Morgan fingerprint density at radius 1 is 1.31 bits per heavy atom. The molecule has 2 atom stereocenters. The van der Waals surface area contributed by atoms with Gasteiger partial charge in [-0.2, -0.15) is 0 Å². The number of amides is 2. The van der Waals surface area contributed by atoms with Crippen LogP contribution in [0.1, 0.15) is 25.5 Å². The van der Waals surface area contributed by atoms with E-state index in [1.807, 2.05) is 36.5 Å². The Kier molecular flexibility index (Phi) is 3.99. The number of cyclic esters (lactones) is 1. The molecule has 3 N–H and O–H groups in total. The van der Waals surface area contributed by atoms with Crippen LogP contribution in [-0.4, -0.2) is 42.3 Å². The molecular weight excluding hydrogens is 372 g/mol. The van der Waals surface area contributed by atoms with E-state index in [0.29, 0.717) is 18.0 Å². The van der Waals surface area contributed by atoms with Crippen molar-refractivity contribution in [1.29, 1.82) is 0 Å². The molecule has 1 saturated carbocycles. The number of rotatable bonds is 4. The number of ether oxygens (including phenoxy) is 2. The van der Waals surface area contributed by atoms with E-state index in [4.69, 9.17) is 15.2 Å². The number of benzene rings is 1. The highest BCUT2D eigenvalue weighted by molar-refractivity contribution is 5.94. The van der Waals surface area contributed by atoms with Gasteiger partial charge in [0.1, 0.15) is 24.5 Å². The fourth-order valence-corrected chi connectivity index (χ4v) is 3.88. The van der Waals surface area contributed by atoms with E-state index >= 15 is 0 Å². The Bertz CT molecular complexity index is 987. The van der Waals surface area contributed by atoms with Crippen molar-refractivity contribution in [3.63, 3.8) is 0 Å². The van der Waals surface area contributed by atoms with Gasteiger partial charge in [0.25, 0.3) is 0 Å². The van der Waals surface area contributed by atoms with Crippen molar-refractivity contribution in [1.82, 2.24) is 10.3 Å². The van der Waals surface area contributed by atoms with Gasteiger partial charge in [-0.05, 0) is 36.6 Å². The second-order valence-corrected chi connectivity index (χ2v) is 7.88. The fourth-order valence-electron chi connectivity index (χ4n) is 3.88. The molecule has 2 amide bonds. The van der Waals surface area contributed by atoms with E-state index in [1.54, 1.807) is 4.90 Å². The van der Waals surface area contributed by atoms with Gasteiger partial charge in [-0.1, -0.05) is 12.1 Å². The van der Waals surface area contributed by atoms with E-state index in [9.17, 15) is 9.59 Å². The topological polar surface area (TPSA) is 107 Å². The van der Waals surface area contributed by atoms with Crippen LogP contribution in [0.25, 0.3) is 11.1 Å². The molecule has 2 unspecified atom stereocenters. The monoisotopic (exact) mass is 394 g/mol. The zero-order valence-electron chi connectivity index (χ0n) is 16.1. The lowest BCUT2D eigenvalue weighted by atomic mass is 10.0. The highest BCUT2D eigenvalue weighted by Gasteiger charge is 2.46. The number of fused-ring (bicyclic) bond motifs is 3. The SMILES string of the molecule is CC(=O)NCC1OC(=O)N2c3ccc(-c4ccc(C5(N)CC5)nc4)cc3OCC12. The summed E-state index contributed by atoms with van der Waals surface area (Å²) in [5, 5.41) is 2.70. The van der Waals surface area contributed by atoms with Crippen LogP contribution in [0.4, 0.5) is 10.5 Å². The Morgan fingerprint density at radius 2 is 2.10 bits per heavy atom. The Balaban J connectivity index is 1.39. The maximum atomic E-state index is 12.4. The molecule has 1 saturated heterocycles. The van der Waals surface area contributed by atoms with Crippen molar-refractivity contribution < 1.29 is 19.1 Å². The van der Waals surface area contributed by atoms with Gasteiger partial charge in [0.2, 0.25) is 5.91 Å². The summed E-state index contributed by atoms with van der Waals surface area (Å²) in [6, 6.07) is 9.42. The number of nitrogens with one attached hydrogen (secondary N) is 1. The number of nitrogens with two attached hydrogens (primary N) is 1. The van der Waals surface area contributed by atoms with Crippen molar-refractivity contribution in [3.8, 4) is 16.9 Å². The highest BCUT2D eigenvalue weighted by Crippen LogP contribution is 2.43. The minimum Gasteiger partial charge on any atom is -0.489 e. The molecule has 3 aliphatic rings. The van der Waals surface area contributed by atoms with Crippen LogP contribution in [0.5, 0.6) is 5.75 Å². The van der Waals surface area contributed by atoms with Crippen molar-refractivity contribution in [2.45, 2.75) is 37.5 Å². The number of carbonyl (C=O) groups excluding carboxylic acids is 2. The summed E-state index contributed by atoms with van der Waals surface area (Å²) in [7, 11) is 0. The number of aromatic nitrogens is 1. The van der Waals surface area contributed by atoms with Crippen molar-refractivity contribution >= 4 is 17.7 Å². The summed E-state index contributed by atoms with van der Waals surface area (Å²) in [5.41, 5.74) is 9.45. The van der Waals surface area contributed by atoms with Gasteiger partial charge in [-0.15, -0.1) is 0 Å². The van der Waals surface area contributed by atoms with Crippen molar-refractivity contribution in [2.24, 2.45) is 5.73 Å². The van der Waals surface area contributed by atoms with Gasteiger partial charge in [0, 0.05) is 18.7 Å². The molecule has 0 radical (unpaired) electrons. The van der Waals surface area contributed by atoms with Gasteiger partial charge in [-0.25, -0.2) is 4.79 Å². The molecule has 0 bridgehead atoms. The molecule has 29 heavy (non-hydrogen) atoms. The zero-order chi connectivity index (χ0) is 20.2. The minimum atomic E-state index is -0.443. The average molecular weight is 394 g/mol. The van der Waals surface area contributed by atoms with Crippen LogP contribution in [0.15, 0.2) is 36.5 Å². The van der Waals surface area contributed by atoms with Gasteiger partial charge in [0.05, 0.1) is 23.5 Å². The summed E-state index contributed by atoms with van der Waals surface area (Å²) in [6.07, 6.45) is 2.90. The first kappa shape index (κ1) is 17.9. The van der Waals surface area contributed by atoms with Crippen LogP contribution >= 0.6 is 0 Å². The Morgan fingerprint density at radius 3 is 2.79 bits per heavy atom. The lowest BCUT2D eigenvalue weighted by Crippen LogP contribution is -2.47. The smallest absolute Gasteiger partial charge is 0.415 e. The van der Waals surface area contributed by atoms with Crippen LogP contribution < -0.4 is 20.7 Å². The van der Waals surface area contributed by atoms with Crippen LogP contribution in [0.2, 0.25) is 0 Å². The molecule has 0 spiro atoms. The molecule has 1 aromatic carbocycles. The molecule has 2 fully saturated rings. The molecule has 150 valence electrons. The van der Waals surface area contributed by atoms with Gasteiger partial charge >= 0.3 is 6.09 Å². The minimum absolute atomic E-state index is 0.164. The number of pyridine rings is 1. The first-order valence-corrected chi connectivity index (χ1v) is 9.71. The number of nitrogens with zero attached hydrogens (tertiary/aromatic N) is 2. The van der Waals surface area contributed by atoms with Crippen molar-refractivity contribution in [2.75, 3.05) is 18.1 Å². The lowest BCUT2D eigenvalue weighted by Gasteiger charge is -2.31. The third kappa shape index (κ3) is 3.09. The second kappa shape index (κ2) is 6.45. The van der Waals surface area contributed by atoms with Gasteiger partial charge < -0.3 is 20.5 Å².